The summed E-state index contributed by atoms with van der Waals surface area (Å²) in [7, 11) is 0. The molecule has 0 saturated carbocycles. The standard InChI is InChI=1S/C12H10N4O/c1-2-5-15-12(17)9-7-8-4-3-6-14-11(8)16-10(9)13/h1,3-4,6-7H,5H2,(H,15,17)(H2,13,14,16). The number of anilines is 1. The first-order chi connectivity index (χ1) is 8.22. The molecule has 2 rings (SSSR count). The molecule has 5 nitrogen and oxygen atoms in total. The smallest absolute Gasteiger partial charge is 0.255 e. The molecular weight excluding hydrogens is 216 g/mol. The largest absolute Gasteiger partial charge is 0.383 e. The Morgan fingerprint density at radius 2 is 2.41 bits per heavy atom. The summed E-state index contributed by atoms with van der Waals surface area (Å²) in [5.41, 5.74) is 6.51. The van der Waals surface area contributed by atoms with E-state index >= 15 is 0 Å². The fourth-order valence-electron chi connectivity index (χ4n) is 1.43. The minimum absolute atomic E-state index is 0.144. The third-order valence-electron chi connectivity index (χ3n) is 2.21. The number of nitrogens with zero attached hydrogens (tertiary/aromatic N) is 2. The van der Waals surface area contributed by atoms with Gasteiger partial charge in [0.2, 0.25) is 0 Å². The lowest BCUT2D eigenvalue weighted by molar-refractivity contribution is 0.0959. The number of terminal acetylenes is 1. The number of rotatable bonds is 2. The molecule has 0 radical (unpaired) electrons. The molecule has 0 aromatic carbocycles. The number of nitrogens with one attached hydrogen (secondary N) is 1. The second-order valence-electron chi connectivity index (χ2n) is 3.36. The lowest BCUT2D eigenvalue weighted by Crippen LogP contribution is -2.24. The van der Waals surface area contributed by atoms with Crippen LogP contribution in [0.4, 0.5) is 5.82 Å². The molecule has 0 fully saturated rings. The van der Waals surface area contributed by atoms with Crippen molar-refractivity contribution in [1.82, 2.24) is 15.3 Å². The maximum atomic E-state index is 11.7. The van der Waals surface area contributed by atoms with Crippen LogP contribution >= 0.6 is 0 Å². The molecule has 2 heterocycles. The van der Waals surface area contributed by atoms with Crippen LogP contribution < -0.4 is 11.1 Å². The predicted octanol–water partition coefficient (Wildman–Crippen LogP) is 0.575. The van der Waals surface area contributed by atoms with Crippen molar-refractivity contribution in [3.63, 3.8) is 0 Å². The summed E-state index contributed by atoms with van der Waals surface area (Å²) in [5, 5.41) is 3.30. The van der Waals surface area contributed by atoms with Crippen LogP contribution in [0.3, 0.4) is 0 Å². The molecule has 5 heteroatoms. The van der Waals surface area contributed by atoms with E-state index in [2.05, 4.69) is 21.2 Å². The fraction of sp³-hybridized carbons (Fsp3) is 0.0833. The van der Waals surface area contributed by atoms with Gasteiger partial charge in [-0.3, -0.25) is 4.79 Å². The van der Waals surface area contributed by atoms with E-state index in [1.807, 2.05) is 6.07 Å². The minimum atomic E-state index is -0.335. The Kier molecular flexibility index (Phi) is 2.88. The van der Waals surface area contributed by atoms with Gasteiger partial charge in [0.25, 0.3) is 5.91 Å². The van der Waals surface area contributed by atoms with Gasteiger partial charge in [0.15, 0.2) is 5.65 Å². The van der Waals surface area contributed by atoms with Crippen molar-refractivity contribution in [2.75, 3.05) is 12.3 Å². The lowest BCUT2D eigenvalue weighted by Gasteiger charge is -2.05. The number of nitrogen functional groups attached to an aromatic ring is 1. The number of nitrogens with two attached hydrogens (primary N) is 1. The molecule has 0 aliphatic rings. The summed E-state index contributed by atoms with van der Waals surface area (Å²) in [6.45, 7) is 0.156. The third-order valence-corrected chi connectivity index (χ3v) is 2.21. The molecule has 84 valence electrons. The van der Waals surface area contributed by atoms with Gasteiger partial charge in [-0.2, -0.15) is 0 Å². The molecule has 2 aromatic rings. The van der Waals surface area contributed by atoms with Crippen molar-refractivity contribution in [3.05, 3.63) is 30.0 Å². The van der Waals surface area contributed by atoms with Gasteiger partial charge in [-0.25, -0.2) is 9.97 Å². The van der Waals surface area contributed by atoms with E-state index in [9.17, 15) is 4.79 Å². The summed E-state index contributed by atoms with van der Waals surface area (Å²) >= 11 is 0. The zero-order valence-corrected chi connectivity index (χ0v) is 8.97. The van der Waals surface area contributed by atoms with Gasteiger partial charge in [-0.05, 0) is 18.2 Å². The van der Waals surface area contributed by atoms with E-state index in [1.165, 1.54) is 0 Å². The van der Waals surface area contributed by atoms with Gasteiger partial charge in [0.1, 0.15) is 5.82 Å². The summed E-state index contributed by atoms with van der Waals surface area (Å²) in [5.74, 6) is 2.13. The molecule has 0 atom stereocenters. The van der Waals surface area contributed by atoms with Crippen molar-refractivity contribution in [2.45, 2.75) is 0 Å². The van der Waals surface area contributed by atoms with Crippen LogP contribution in [0.5, 0.6) is 0 Å². The van der Waals surface area contributed by atoms with E-state index in [1.54, 1.807) is 18.3 Å². The normalized spacial score (nSPS) is 9.82. The number of carbonyl (C=O) groups is 1. The van der Waals surface area contributed by atoms with Crippen molar-refractivity contribution < 1.29 is 4.79 Å². The topological polar surface area (TPSA) is 80.9 Å². The predicted molar refractivity (Wildman–Crippen MR) is 65.1 cm³/mol. The quantitative estimate of drug-likeness (QED) is 0.734. The van der Waals surface area contributed by atoms with E-state index < -0.39 is 0 Å². The SMILES string of the molecule is C#CCNC(=O)c1cc2cccnc2nc1N. The Morgan fingerprint density at radius 3 is 3.18 bits per heavy atom. The van der Waals surface area contributed by atoms with Crippen LogP contribution in [0.1, 0.15) is 10.4 Å². The second kappa shape index (κ2) is 4.49. The molecule has 0 spiro atoms. The number of pyridine rings is 2. The van der Waals surface area contributed by atoms with Gasteiger partial charge in [-0.1, -0.05) is 5.92 Å². The monoisotopic (exact) mass is 226 g/mol. The number of amides is 1. The number of hydrogen-bond donors (Lipinski definition) is 2. The van der Waals surface area contributed by atoms with Crippen molar-refractivity contribution in [3.8, 4) is 12.3 Å². The van der Waals surface area contributed by atoms with Gasteiger partial charge in [0, 0.05) is 11.6 Å². The van der Waals surface area contributed by atoms with Crippen molar-refractivity contribution >= 4 is 22.8 Å². The van der Waals surface area contributed by atoms with Crippen LogP contribution in [-0.4, -0.2) is 22.4 Å². The molecular formula is C12H10N4O. The number of aromatic nitrogens is 2. The first-order valence-electron chi connectivity index (χ1n) is 4.95. The van der Waals surface area contributed by atoms with Crippen molar-refractivity contribution in [2.24, 2.45) is 0 Å². The number of fused-ring (bicyclic) bond motifs is 1. The lowest BCUT2D eigenvalue weighted by atomic mass is 10.2. The summed E-state index contributed by atoms with van der Waals surface area (Å²) in [4.78, 5) is 19.8. The Morgan fingerprint density at radius 1 is 1.59 bits per heavy atom. The van der Waals surface area contributed by atoms with Crippen LogP contribution in [0, 0.1) is 12.3 Å². The molecule has 0 saturated heterocycles. The van der Waals surface area contributed by atoms with Crippen LogP contribution in [0.2, 0.25) is 0 Å². The molecule has 2 aromatic heterocycles. The van der Waals surface area contributed by atoms with Crippen molar-refractivity contribution in [1.29, 1.82) is 0 Å². The van der Waals surface area contributed by atoms with Gasteiger partial charge in [0.05, 0.1) is 12.1 Å². The maximum Gasteiger partial charge on any atom is 0.255 e. The minimum Gasteiger partial charge on any atom is -0.383 e. The number of hydrogen-bond acceptors (Lipinski definition) is 4. The summed E-state index contributed by atoms with van der Waals surface area (Å²) in [6.07, 6.45) is 6.68. The van der Waals surface area contributed by atoms with E-state index in [-0.39, 0.29) is 18.3 Å². The van der Waals surface area contributed by atoms with Crippen LogP contribution in [0.15, 0.2) is 24.4 Å². The Balaban J connectivity index is 2.44. The molecule has 3 N–H and O–H groups in total. The number of carbonyl (C=O) groups excluding carboxylic acids is 1. The summed E-state index contributed by atoms with van der Waals surface area (Å²) < 4.78 is 0. The molecule has 0 unspecified atom stereocenters. The average molecular weight is 226 g/mol. The van der Waals surface area contributed by atoms with E-state index in [4.69, 9.17) is 12.2 Å². The van der Waals surface area contributed by atoms with Gasteiger partial charge >= 0.3 is 0 Å². The Hall–Kier alpha value is -2.61. The highest BCUT2D eigenvalue weighted by Gasteiger charge is 2.11. The van der Waals surface area contributed by atoms with Crippen LogP contribution in [0.25, 0.3) is 11.0 Å². The first-order valence-corrected chi connectivity index (χ1v) is 4.95. The zero-order valence-electron chi connectivity index (χ0n) is 8.97. The zero-order chi connectivity index (χ0) is 12.3. The van der Waals surface area contributed by atoms with E-state index in [0.29, 0.717) is 11.2 Å². The second-order valence-corrected chi connectivity index (χ2v) is 3.36. The first kappa shape index (κ1) is 10.9. The molecule has 17 heavy (non-hydrogen) atoms. The van der Waals surface area contributed by atoms with Gasteiger partial charge < -0.3 is 11.1 Å². The fourth-order valence-corrected chi connectivity index (χ4v) is 1.43. The highest BCUT2D eigenvalue weighted by atomic mass is 16.1. The highest BCUT2D eigenvalue weighted by molar-refractivity contribution is 6.01. The third kappa shape index (κ3) is 2.16. The average Bonchev–Trinajstić information content (AvgIpc) is 2.35. The summed E-state index contributed by atoms with van der Waals surface area (Å²) in [6, 6.07) is 5.23. The Labute approximate surface area is 98.1 Å². The van der Waals surface area contributed by atoms with Gasteiger partial charge in [-0.15, -0.1) is 6.42 Å². The molecule has 1 amide bonds. The van der Waals surface area contributed by atoms with Crippen LogP contribution in [-0.2, 0) is 0 Å². The Bertz CT molecular complexity index is 615. The maximum absolute atomic E-state index is 11.7. The highest BCUT2D eigenvalue weighted by Crippen LogP contribution is 2.16. The molecule has 0 bridgehead atoms. The molecule has 0 aliphatic heterocycles. The molecule has 0 aliphatic carbocycles. The van der Waals surface area contributed by atoms with E-state index in [0.717, 1.165) is 5.39 Å².